The van der Waals surface area contributed by atoms with Crippen molar-refractivity contribution in [2.45, 2.75) is 38.7 Å². The quantitative estimate of drug-likeness (QED) is 0.805. The van der Waals surface area contributed by atoms with Crippen molar-refractivity contribution >= 4 is 11.8 Å². The first-order chi connectivity index (χ1) is 10.2. The van der Waals surface area contributed by atoms with E-state index in [1.807, 2.05) is 18.2 Å². The zero-order valence-electron chi connectivity index (χ0n) is 12.4. The Balaban J connectivity index is 2.20. The van der Waals surface area contributed by atoms with E-state index in [2.05, 4.69) is 6.92 Å². The molecule has 1 atom stereocenters. The summed E-state index contributed by atoms with van der Waals surface area (Å²) in [4.78, 5) is 13.3. The molecule has 2 rings (SSSR count). The van der Waals surface area contributed by atoms with Crippen LogP contribution in [0.15, 0.2) is 18.2 Å². The fourth-order valence-corrected chi connectivity index (χ4v) is 2.57. The van der Waals surface area contributed by atoms with Crippen LogP contribution in [-0.4, -0.2) is 42.2 Å². The molecule has 1 unspecified atom stereocenters. The largest absolute Gasteiger partial charge is 0.441 e. The number of cyclic esters (lactones) is 1. The Morgan fingerprint density at radius 3 is 2.71 bits per heavy atom. The molecule has 1 aromatic rings. The highest BCUT2D eigenvalue weighted by Crippen LogP contribution is 2.25. The Kier molecular flexibility index (Phi) is 5.59. The number of rotatable bonds is 7. The lowest BCUT2D eigenvalue weighted by Gasteiger charge is -2.16. The lowest BCUT2D eigenvalue weighted by molar-refractivity contribution is 0.0963. The van der Waals surface area contributed by atoms with Crippen molar-refractivity contribution in [1.29, 1.82) is 0 Å². The fraction of sp³-hybridized carbons (Fsp3) is 0.562. The average Bonchev–Trinajstić information content (AvgIpc) is 2.87. The molecule has 0 aromatic heterocycles. The highest BCUT2D eigenvalue weighted by Gasteiger charge is 2.31. The smallest absolute Gasteiger partial charge is 0.414 e. The van der Waals surface area contributed by atoms with Crippen molar-refractivity contribution in [2.24, 2.45) is 0 Å². The summed E-state index contributed by atoms with van der Waals surface area (Å²) in [5, 5.41) is 18.3. The van der Waals surface area contributed by atoms with Crippen molar-refractivity contribution in [3.63, 3.8) is 0 Å². The number of aryl methyl sites for hydroxylation is 1. The van der Waals surface area contributed by atoms with E-state index < -0.39 is 12.2 Å². The third-order valence-corrected chi connectivity index (χ3v) is 3.76. The van der Waals surface area contributed by atoms with Gasteiger partial charge in [0.1, 0.15) is 6.10 Å². The summed E-state index contributed by atoms with van der Waals surface area (Å²) in [7, 11) is 0. The second-order valence-electron chi connectivity index (χ2n) is 5.33. The molecule has 0 saturated carbocycles. The van der Waals surface area contributed by atoms with Gasteiger partial charge in [-0.3, -0.25) is 4.90 Å². The lowest BCUT2D eigenvalue weighted by Crippen LogP contribution is -2.25. The van der Waals surface area contributed by atoms with Crippen LogP contribution in [0.3, 0.4) is 0 Å². The molecule has 0 spiro atoms. The van der Waals surface area contributed by atoms with Crippen molar-refractivity contribution in [3.8, 4) is 0 Å². The van der Waals surface area contributed by atoms with Crippen molar-refractivity contribution in [1.82, 2.24) is 0 Å². The van der Waals surface area contributed by atoms with Gasteiger partial charge in [-0.15, -0.1) is 0 Å². The Morgan fingerprint density at radius 2 is 2.10 bits per heavy atom. The van der Waals surface area contributed by atoms with Crippen molar-refractivity contribution < 1.29 is 19.7 Å². The maximum absolute atomic E-state index is 11.8. The number of anilines is 1. The molecule has 116 valence electrons. The molecule has 21 heavy (non-hydrogen) atoms. The number of aliphatic hydroxyl groups is 2. The van der Waals surface area contributed by atoms with E-state index in [0.717, 1.165) is 30.5 Å². The maximum Gasteiger partial charge on any atom is 0.414 e. The summed E-state index contributed by atoms with van der Waals surface area (Å²) in [5.74, 6) is 0. The van der Waals surface area contributed by atoms with Gasteiger partial charge in [0, 0.05) is 12.3 Å². The Bertz CT molecular complexity index is 489. The summed E-state index contributed by atoms with van der Waals surface area (Å²) in [6.45, 7) is 2.43. The molecule has 5 heteroatoms. The SMILES string of the molecule is CCCCc1ccc(N2CC(CO)OC2=O)cc1CCO. The summed E-state index contributed by atoms with van der Waals surface area (Å²) >= 11 is 0. The standard InChI is InChI=1S/C16H23NO4/c1-2-3-4-12-5-6-14(9-13(12)7-8-18)17-10-15(11-19)21-16(17)20/h5-6,9,15,18-19H,2-4,7-8,10-11H2,1H3. The van der Waals surface area contributed by atoms with Crippen LogP contribution in [0.5, 0.6) is 0 Å². The van der Waals surface area contributed by atoms with E-state index in [-0.39, 0.29) is 13.2 Å². The number of hydrogen-bond donors (Lipinski definition) is 2. The summed E-state index contributed by atoms with van der Waals surface area (Å²) in [6.07, 6.45) is 2.91. The zero-order valence-corrected chi connectivity index (χ0v) is 12.4. The number of carbonyl (C=O) groups is 1. The van der Waals surface area contributed by atoms with Gasteiger partial charge in [-0.25, -0.2) is 4.79 Å². The monoisotopic (exact) mass is 293 g/mol. The number of hydrogen-bond acceptors (Lipinski definition) is 4. The first kappa shape index (κ1) is 15.8. The van der Waals surface area contributed by atoms with Crippen LogP contribution in [0.1, 0.15) is 30.9 Å². The van der Waals surface area contributed by atoms with E-state index in [1.54, 1.807) is 0 Å². The summed E-state index contributed by atoms with van der Waals surface area (Å²) in [5.41, 5.74) is 3.06. The Labute approximate surface area is 125 Å². The van der Waals surface area contributed by atoms with Gasteiger partial charge < -0.3 is 14.9 Å². The minimum atomic E-state index is -0.460. The van der Waals surface area contributed by atoms with E-state index in [1.165, 1.54) is 10.5 Å². The minimum absolute atomic E-state index is 0.0896. The molecule has 1 fully saturated rings. The number of aliphatic hydroxyl groups excluding tert-OH is 2. The maximum atomic E-state index is 11.8. The van der Waals surface area contributed by atoms with Crippen LogP contribution in [0.25, 0.3) is 0 Å². The van der Waals surface area contributed by atoms with E-state index in [0.29, 0.717) is 13.0 Å². The van der Waals surface area contributed by atoms with Gasteiger partial charge >= 0.3 is 6.09 Å². The van der Waals surface area contributed by atoms with E-state index in [4.69, 9.17) is 9.84 Å². The third-order valence-electron chi connectivity index (χ3n) is 3.76. The minimum Gasteiger partial charge on any atom is -0.441 e. The molecular weight excluding hydrogens is 270 g/mol. The van der Waals surface area contributed by atoms with Gasteiger partial charge in [-0.2, -0.15) is 0 Å². The number of amides is 1. The van der Waals surface area contributed by atoms with Crippen LogP contribution in [0.2, 0.25) is 0 Å². The second kappa shape index (κ2) is 7.43. The molecule has 0 aliphatic carbocycles. The molecule has 2 N–H and O–H groups in total. The average molecular weight is 293 g/mol. The molecule has 1 amide bonds. The molecular formula is C16H23NO4. The van der Waals surface area contributed by atoms with Crippen LogP contribution in [0.4, 0.5) is 10.5 Å². The van der Waals surface area contributed by atoms with E-state index >= 15 is 0 Å². The van der Waals surface area contributed by atoms with Crippen LogP contribution >= 0.6 is 0 Å². The van der Waals surface area contributed by atoms with Gasteiger partial charge in [0.25, 0.3) is 0 Å². The van der Waals surface area contributed by atoms with Gasteiger partial charge in [0.2, 0.25) is 0 Å². The predicted molar refractivity (Wildman–Crippen MR) is 80.5 cm³/mol. The Morgan fingerprint density at radius 1 is 1.29 bits per heavy atom. The molecule has 1 aliphatic rings. The first-order valence-electron chi connectivity index (χ1n) is 7.51. The first-order valence-corrected chi connectivity index (χ1v) is 7.51. The number of benzene rings is 1. The normalized spacial score (nSPS) is 18.1. The van der Waals surface area contributed by atoms with Gasteiger partial charge in [0.05, 0.1) is 13.2 Å². The fourth-order valence-electron chi connectivity index (χ4n) is 2.57. The summed E-state index contributed by atoms with van der Waals surface area (Å²) < 4.78 is 5.06. The molecule has 0 bridgehead atoms. The second-order valence-corrected chi connectivity index (χ2v) is 5.33. The topological polar surface area (TPSA) is 70.0 Å². The van der Waals surface area contributed by atoms with Gasteiger partial charge in [0.15, 0.2) is 0 Å². The number of unbranched alkanes of at least 4 members (excludes halogenated alkanes) is 1. The van der Waals surface area contributed by atoms with Crippen molar-refractivity contribution in [3.05, 3.63) is 29.3 Å². The van der Waals surface area contributed by atoms with Crippen LogP contribution in [0, 0.1) is 0 Å². The molecule has 1 aliphatic heterocycles. The number of carbonyl (C=O) groups excluding carboxylic acids is 1. The lowest BCUT2D eigenvalue weighted by atomic mass is 9.99. The Hall–Kier alpha value is -1.59. The number of nitrogens with zero attached hydrogens (tertiary/aromatic N) is 1. The highest BCUT2D eigenvalue weighted by atomic mass is 16.6. The van der Waals surface area contributed by atoms with E-state index in [9.17, 15) is 9.90 Å². The third kappa shape index (κ3) is 3.74. The summed E-state index contributed by atoms with van der Waals surface area (Å²) in [6, 6.07) is 5.88. The zero-order chi connectivity index (χ0) is 15.2. The highest BCUT2D eigenvalue weighted by molar-refractivity contribution is 5.89. The van der Waals surface area contributed by atoms with Crippen molar-refractivity contribution in [2.75, 3.05) is 24.7 Å². The molecule has 0 radical (unpaired) electrons. The molecule has 1 aromatic carbocycles. The predicted octanol–water partition coefficient (Wildman–Crippen LogP) is 1.88. The van der Waals surface area contributed by atoms with Gasteiger partial charge in [-0.1, -0.05) is 19.4 Å². The number of ether oxygens (including phenoxy) is 1. The van der Waals surface area contributed by atoms with Crippen LogP contribution in [-0.2, 0) is 17.6 Å². The van der Waals surface area contributed by atoms with Crippen LogP contribution < -0.4 is 4.90 Å². The molecule has 1 saturated heterocycles. The van der Waals surface area contributed by atoms with Gasteiger partial charge in [-0.05, 0) is 42.5 Å². The molecule has 1 heterocycles. The molecule has 5 nitrogen and oxygen atoms in total.